The lowest BCUT2D eigenvalue weighted by atomic mass is 9.87. The van der Waals surface area contributed by atoms with Crippen LogP contribution in [0.4, 0.5) is 0 Å². The molecule has 5 rings (SSSR count). The third-order valence-electron chi connectivity index (χ3n) is 6.38. The number of amides is 1. The van der Waals surface area contributed by atoms with Crippen molar-refractivity contribution < 1.29 is 14.3 Å². The van der Waals surface area contributed by atoms with Crippen LogP contribution in [0.25, 0.3) is 11.4 Å². The molecule has 1 amide bonds. The molecule has 31 heavy (non-hydrogen) atoms. The van der Waals surface area contributed by atoms with Crippen LogP contribution in [-0.2, 0) is 28.2 Å². The molecule has 0 aliphatic carbocycles. The maximum absolute atomic E-state index is 13.2. The molecule has 160 valence electrons. The zero-order valence-corrected chi connectivity index (χ0v) is 18.1. The molecule has 2 aliphatic rings. The number of rotatable bonds is 5. The molecule has 0 radical (unpaired) electrons. The lowest BCUT2D eigenvalue weighted by Crippen LogP contribution is -2.61. The summed E-state index contributed by atoms with van der Waals surface area (Å²) in [5.41, 5.74) is 5.21. The predicted molar refractivity (Wildman–Crippen MR) is 116 cm³/mol. The molecular weight excluding hydrogens is 392 g/mol. The molecule has 4 heterocycles. The van der Waals surface area contributed by atoms with E-state index in [4.69, 9.17) is 14.5 Å². The van der Waals surface area contributed by atoms with Crippen molar-refractivity contribution in [2.45, 2.75) is 32.6 Å². The highest BCUT2D eigenvalue weighted by Gasteiger charge is 2.53. The van der Waals surface area contributed by atoms with Gasteiger partial charge in [-0.05, 0) is 19.9 Å². The van der Waals surface area contributed by atoms with Crippen LogP contribution in [0.3, 0.4) is 0 Å². The lowest BCUT2D eigenvalue weighted by Gasteiger charge is -2.47. The van der Waals surface area contributed by atoms with E-state index in [-0.39, 0.29) is 5.91 Å². The molecule has 7 heteroatoms. The molecule has 3 aromatic rings. The smallest absolute Gasteiger partial charge is 0.255 e. The summed E-state index contributed by atoms with van der Waals surface area (Å²) in [5.74, 6) is 0.747. The van der Waals surface area contributed by atoms with Crippen molar-refractivity contribution >= 4 is 5.91 Å². The van der Waals surface area contributed by atoms with E-state index in [1.165, 1.54) is 0 Å². The number of nitrogens with zero attached hydrogens (tertiary/aromatic N) is 4. The highest BCUT2D eigenvalue weighted by molar-refractivity contribution is 5.96. The molecule has 2 aromatic heterocycles. The topological polar surface area (TPSA) is 69.5 Å². The van der Waals surface area contributed by atoms with Crippen molar-refractivity contribution in [3.8, 4) is 11.4 Å². The van der Waals surface area contributed by atoms with Gasteiger partial charge >= 0.3 is 0 Å². The minimum atomic E-state index is -0.484. The fourth-order valence-electron chi connectivity index (χ4n) is 4.61. The first kappa shape index (κ1) is 19.9. The first-order chi connectivity index (χ1) is 15.0. The van der Waals surface area contributed by atoms with Gasteiger partial charge in [0.05, 0.1) is 37.6 Å². The van der Waals surface area contributed by atoms with E-state index in [9.17, 15) is 4.79 Å². The maximum Gasteiger partial charge on any atom is 0.255 e. The van der Waals surface area contributed by atoms with Gasteiger partial charge in [-0.2, -0.15) is 0 Å². The predicted octanol–water partition coefficient (Wildman–Crippen LogP) is 3.09. The van der Waals surface area contributed by atoms with Crippen LogP contribution >= 0.6 is 0 Å². The molecular formula is C24H26N4O3. The largest absolute Gasteiger partial charge is 0.383 e. The molecule has 0 atom stereocenters. The van der Waals surface area contributed by atoms with Crippen molar-refractivity contribution in [3.63, 3.8) is 0 Å². The fraction of sp³-hybridized carbons (Fsp3) is 0.375. The molecule has 0 N–H and O–H groups in total. The number of hydrogen-bond acceptors (Lipinski definition) is 5. The summed E-state index contributed by atoms with van der Waals surface area (Å²) < 4.78 is 13.5. The second-order valence-corrected chi connectivity index (χ2v) is 8.29. The van der Waals surface area contributed by atoms with Gasteiger partial charge in [0, 0.05) is 42.4 Å². The minimum Gasteiger partial charge on any atom is -0.383 e. The van der Waals surface area contributed by atoms with Crippen LogP contribution in [0.2, 0.25) is 0 Å². The summed E-state index contributed by atoms with van der Waals surface area (Å²) >= 11 is 0. The van der Waals surface area contributed by atoms with Gasteiger partial charge in [0.25, 0.3) is 5.91 Å². The number of ether oxygens (including phenoxy) is 2. The number of methoxy groups -OCH3 is 1. The van der Waals surface area contributed by atoms with Crippen LogP contribution in [-0.4, -0.2) is 52.1 Å². The Morgan fingerprint density at radius 2 is 2.00 bits per heavy atom. The zero-order chi connectivity index (χ0) is 21.6. The molecule has 0 unspecified atom stereocenters. The number of benzene rings is 1. The van der Waals surface area contributed by atoms with Crippen molar-refractivity contribution in [2.24, 2.45) is 0 Å². The SMILES string of the molecule is COCCn1c(C)cc(C(=O)N2CC3(C2)OCc2nc(-c4ccccc4)ncc23)c1C. The third kappa shape index (κ3) is 3.25. The Bertz CT molecular complexity index is 1130. The van der Waals surface area contributed by atoms with E-state index in [2.05, 4.69) is 9.55 Å². The monoisotopic (exact) mass is 418 g/mol. The van der Waals surface area contributed by atoms with Crippen LogP contribution in [0.15, 0.2) is 42.6 Å². The van der Waals surface area contributed by atoms with Crippen LogP contribution in [0.1, 0.15) is 33.0 Å². The number of fused-ring (bicyclic) bond motifs is 2. The van der Waals surface area contributed by atoms with Gasteiger partial charge in [-0.1, -0.05) is 30.3 Å². The number of aromatic nitrogens is 3. The van der Waals surface area contributed by atoms with E-state index < -0.39 is 5.60 Å². The van der Waals surface area contributed by atoms with E-state index >= 15 is 0 Å². The second kappa shape index (κ2) is 7.59. The number of carbonyl (C=O) groups is 1. The summed E-state index contributed by atoms with van der Waals surface area (Å²) in [6.07, 6.45) is 1.87. The van der Waals surface area contributed by atoms with Crippen LogP contribution in [0.5, 0.6) is 0 Å². The Morgan fingerprint density at radius 3 is 2.74 bits per heavy atom. The molecule has 1 aromatic carbocycles. The normalized spacial score (nSPS) is 16.4. The van der Waals surface area contributed by atoms with Gasteiger partial charge in [0.1, 0.15) is 5.60 Å². The fourth-order valence-corrected chi connectivity index (χ4v) is 4.61. The summed E-state index contributed by atoms with van der Waals surface area (Å²) in [4.78, 5) is 24.3. The Kier molecular flexibility index (Phi) is 4.87. The molecule has 1 fully saturated rings. The standard InChI is InChI=1S/C24H26N4O3/c1-16-11-19(17(2)28(16)9-10-30-3)23(29)27-14-24(15-27)20-12-25-22(26-21(20)13-31-24)18-7-5-4-6-8-18/h4-8,11-12H,9-10,13-15H2,1-3H3. The van der Waals surface area contributed by atoms with Gasteiger partial charge in [-0.15, -0.1) is 0 Å². The van der Waals surface area contributed by atoms with Crippen molar-refractivity contribution in [1.82, 2.24) is 19.4 Å². The van der Waals surface area contributed by atoms with E-state index in [0.29, 0.717) is 32.1 Å². The number of likely N-dealkylation sites (tertiary alicyclic amines) is 1. The molecule has 2 aliphatic heterocycles. The number of hydrogen-bond donors (Lipinski definition) is 0. The zero-order valence-electron chi connectivity index (χ0n) is 18.1. The number of carbonyl (C=O) groups excluding carboxylic acids is 1. The van der Waals surface area contributed by atoms with E-state index in [0.717, 1.165) is 40.3 Å². The quantitative estimate of drug-likeness (QED) is 0.637. The average molecular weight is 418 g/mol. The van der Waals surface area contributed by atoms with E-state index in [1.807, 2.05) is 61.3 Å². The summed E-state index contributed by atoms with van der Waals surface area (Å²) in [6, 6.07) is 11.9. The van der Waals surface area contributed by atoms with Gasteiger partial charge < -0.3 is 18.9 Å². The van der Waals surface area contributed by atoms with Crippen molar-refractivity contribution in [2.75, 3.05) is 26.8 Å². The summed E-state index contributed by atoms with van der Waals surface area (Å²) in [5, 5.41) is 0. The average Bonchev–Trinajstić information content (AvgIpc) is 3.28. The summed E-state index contributed by atoms with van der Waals surface area (Å²) in [7, 11) is 1.69. The van der Waals surface area contributed by atoms with Gasteiger partial charge in [-0.25, -0.2) is 9.97 Å². The Morgan fingerprint density at radius 1 is 1.23 bits per heavy atom. The molecule has 7 nitrogen and oxygen atoms in total. The van der Waals surface area contributed by atoms with Crippen molar-refractivity contribution in [1.29, 1.82) is 0 Å². The summed E-state index contributed by atoms with van der Waals surface area (Å²) in [6.45, 7) is 6.87. The molecule has 0 saturated carbocycles. The van der Waals surface area contributed by atoms with Gasteiger partial charge in [0.2, 0.25) is 0 Å². The van der Waals surface area contributed by atoms with E-state index in [1.54, 1.807) is 7.11 Å². The first-order valence-corrected chi connectivity index (χ1v) is 10.5. The molecule has 1 saturated heterocycles. The third-order valence-corrected chi connectivity index (χ3v) is 6.38. The highest BCUT2D eigenvalue weighted by atomic mass is 16.5. The Balaban J connectivity index is 1.33. The second-order valence-electron chi connectivity index (χ2n) is 8.29. The first-order valence-electron chi connectivity index (χ1n) is 10.5. The molecule has 1 spiro atoms. The Hall–Kier alpha value is -3.03. The van der Waals surface area contributed by atoms with Gasteiger partial charge in [-0.3, -0.25) is 4.79 Å². The Labute approximate surface area is 181 Å². The minimum absolute atomic E-state index is 0.0428. The lowest BCUT2D eigenvalue weighted by molar-refractivity contribution is -0.126. The maximum atomic E-state index is 13.2. The highest BCUT2D eigenvalue weighted by Crippen LogP contribution is 2.43. The number of aryl methyl sites for hydroxylation is 1. The van der Waals surface area contributed by atoms with Crippen molar-refractivity contribution in [3.05, 3.63) is 70.8 Å². The van der Waals surface area contributed by atoms with Crippen LogP contribution < -0.4 is 0 Å². The van der Waals surface area contributed by atoms with Gasteiger partial charge in [0.15, 0.2) is 5.82 Å². The molecule has 0 bridgehead atoms. The van der Waals surface area contributed by atoms with Crippen LogP contribution in [0, 0.1) is 13.8 Å².